The van der Waals surface area contributed by atoms with Crippen LogP contribution in [0.5, 0.6) is 0 Å². The molecule has 1 amide bonds. The Morgan fingerprint density at radius 3 is 1.60 bits per heavy atom. The van der Waals surface area contributed by atoms with Crippen LogP contribution in [0.1, 0.15) is 65.2 Å². The second-order valence-corrected chi connectivity index (χ2v) is 15.8. The highest BCUT2D eigenvalue weighted by Crippen LogP contribution is 2.39. The summed E-state index contributed by atoms with van der Waals surface area (Å²) in [5, 5.41) is 12.6. The zero-order valence-electron chi connectivity index (χ0n) is 38.8. The lowest BCUT2D eigenvalue weighted by molar-refractivity contribution is -0.336. The summed E-state index contributed by atoms with van der Waals surface area (Å²) in [7, 11) is 1.08. The number of rotatable bonds is 19. The fraction of sp³-hybridized carbons (Fsp3) is 0.426. The van der Waals surface area contributed by atoms with Crippen LogP contribution in [0.4, 0.5) is 13.2 Å². The molecule has 388 valence electrons. The van der Waals surface area contributed by atoms with Crippen molar-refractivity contribution in [3.05, 3.63) is 108 Å². The van der Waals surface area contributed by atoms with E-state index in [1.807, 2.05) is 0 Å². The quantitative estimate of drug-likeness (QED) is 0.129. The van der Waals surface area contributed by atoms with Gasteiger partial charge in [0, 0.05) is 34.8 Å². The summed E-state index contributed by atoms with van der Waals surface area (Å²) >= 11 is 0. The number of amides is 1. The van der Waals surface area contributed by atoms with E-state index in [2.05, 4.69) is 0 Å². The second kappa shape index (κ2) is 24.6. The van der Waals surface area contributed by atoms with E-state index >= 15 is 0 Å². The lowest BCUT2D eigenvalue weighted by Gasteiger charge is -2.49. The second-order valence-electron chi connectivity index (χ2n) is 15.8. The predicted octanol–water partition coefficient (Wildman–Crippen LogP) is 3.03. The molecule has 3 aromatic rings. The van der Waals surface area contributed by atoms with Crippen molar-refractivity contribution in [2.24, 2.45) is 0 Å². The number of methoxy groups -OCH3 is 1. The van der Waals surface area contributed by atoms with Gasteiger partial charge in [0.1, 0.15) is 24.9 Å². The molecule has 25 heteroatoms. The topological polar surface area (TPSA) is 287 Å². The van der Waals surface area contributed by atoms with Gasteiger partial charge in [-0.15, -0.1) is 0 Å². The van der Waals surface area contributed by atoms with E-state index in [4.69, 9.17) is 52.1 Å². The Bertz CT molecular complexity index is 2430. The molecule has 2 saturated heterocycles. The Labute approximate surface area is 407 Å². The molecule has 2 aliphatic heterocycles. The molecule has 2 N–H and O–H groups in total. The number of hydrogen-bond acceptors (Lipinski definition) is 20. The zero-order valence-corrected chi connectivity index (χ0v) is 38.8. The van der Waals surface area contributed by atoms with Crippen LogP contribution in [-0.4, -0.2) is 152 Å². The Morgan fingerprint density at radius 2 is 1.17 bits per heavy atom. The molecular formula is C47H48F3NO21. The normalized spacial score (nSPS) is 24.7. The maximum atomic E-state index is 14.0. The number of carbonyl (C=O) groups is 9. The highest BCUT2D eigenvalue weighted by Gasteiger charge is 2.61. The molecule has 3 aromatic carbocycles. The minimum Gasteiger partial charge on any atom is -0.477 e. The van der Waals surface area contributed by atoms with Crippen molar-refractivity contribution in [2.75, 3.05) is 20.3 Å². The molecule has 2 fully saturated rings. The smallest absolute Gasteiger partial charge is 0.471 e. The molecule has 0 unspecified atom stereocenters. The summed E-state index contributed by atoms with van der Waals surface area (Å²) in [5.41, 5.74) is -0.134. The van der Waals surface area contributed by atoms with Crippen molar-refractivity contribution in [1.29, 1.82) is 0 Å². The first-order chi connectivity index (χ1) is 34.0. The largest absolute Gasteiger partial charge is 0.477 e. The van der Waals surface area contributed by atoms with E-state index in [0.29, 0.717) is 0 Å². The lowest BCUT2D eigenvalue weighted by atomic mass is 9.87. The molecule has 22 nitrogen and oxygen atoms in total. The molecule has 0 saturated carbocycles. The number of carbonyl (C=O) groups excluding carboxylic acids is 8. The number of aliphatic carboxylic acids is 1. The number of benzene rings is 3. The molecule has 11 atom stereocenters. The number of carboxylic acid groups (broad SMARTS) is 1. The minimum absolute atomic E-state index is 0.000839. The van der Waals surface area contributed by atoms with Gasteiger partial charge >= 0.3 is 59.8 Å². The molecule has 72 heavy (non-hydrogen) atoms. The first kappa shape index (κ1) is 55.4. The van der Waals surface area contributed by atoms with Gasteiger partial charge in [0.05, 0.1) is 35.8 Å². The van der Waals surface area contributed by atoms with Crippen LogP contribution in [0, 0.1) is 0 Å². The van der Waals surface area contributed by atoms with Gasteiger partial charge in [0.2, 0.25) is 0 Å². The fourth-order valence-electron chi connectivity index (χ4n) is 7.52. The number of ether oxygens (including phenoxy) is 11. The van der Waals surface area contributed by atoms with Crippen LogP contribution in [0.3, 0.4) is 0 Å². The monoisotopic (exact) mass is 1020 g/mol. The predicted molar refractivity (Wildman–Crippen MR) is 230 cm³/mol. The number of alkyl halides is 3. The minimum atomic E-state index is -5.66. The molecular weight excluding hydrogens is 971 g/mol. The number of hydrogen-bond donors (Lipinski definition) is 2. The summed E-state index contributed by atoms with van der Waals surface area (Å²) in [6, 6.07) is 19.6. The van der Waals surface area contributed by atoms with Crippen LogP contribution in [0.25, 0.3) is 0 Å². The third-order valence-corrected chi connectivity index (χ3v) is 10.6. The average molecular weight is 1020 g/mol. The van der Waals surface area contributed by atoms with Gasteiger partial charge in [0.15, 0.2) is 36.8 Å². The van der Waals surface area contributed by atoms with Crippen LogP contribution in [0.15, 0.2) is 91.0 Å². The van der Waals surface area contributed by atoms with Crippen molar-refractivity contribution in [1.82, 2.24) is 5.32 Å². The van der Waals surface area contributed by atoms with E-state index in [-0.39, 0.29) is 16.7 Å². The van der Waals surface area contributed by atoms with E-state index in [0.717, 1.165) is 34.8 Å². The standard InChI is InChI=1S/C47H48F3NO21/c1-24(52)63-22-32(66-26(3)54)35(67-27(4)55)37-34(51-44(59)47(48,49)50)31(65-25(2)53)21-46(72-37,45(60)61)64-23-33-36(69-40(56)28-15-9-6-10-16-28)38(70-41(57)29-17-11-7-12-18-29)39(43(62-5)68-33)71-42(58)30-19-13-8-14-20-30/h6-20,31-39,43H,21-23H2,1-5H3,(H,51,59)(H,60,61)/t31-,32+,33+,34+,35+,36-,37+,38-,39+,43+,46+/m0/s1. The molecule has 0 spiro atoms. The number of carboxylic acids is 1. The number of nitrogens with one attached hydrogen (secondary N) is 1. The summed E-state index contributed by atoms with van der Waals surface area (Å²) in [6.07, 6.45) is -25.4. The maximum absolute atomic E-state index is 14.0. The van der Waals surface area contributed by atoms with Gasteiger partial charge in [-0.3, -0.25) is 24.0 Å². The third kappa shape index (κ3) is 14.6. The highest BCUT2D eigenvalue weighted by atomic mass is 19.4. The molecule has 5 rings (SSSR count). The summed E-state index contributed by atoms with van der Waals surface area (Å²) in [5.74, 6) is -16.0. The van der Waals surface area contributed by atoms with E-state index in [9.17, 15) is 61.4 Å². The van der Waals surface area contributed by atoms with Crippen LogP contribution in [0.2, 0.25) is 0 Å². The number of esters is 7. The van der Waals surface area contributed by atoms with Crippen LogP contribution in [-0.2, 0) is 80.9 Å². The summed E-state index contributed by atoms with van der Waals surface area (Å²) in [4.78, 5) is 117. The SMILES string of the molecule is CO[C@@H]1O[C@H](CO[C@]2(C(=O)O)C[C@H](OC(C)=O)[C@@H](NC(=O)C(F)(F)F)[C@H]([C@H](OC(C)=O)[C@@H](COC(C)=O)OC(C)=O)O2)[C@H](OC(=O)c2ccccc2)[C@H](OC(=O)c2ccccc2)[C@H]1OC(=O)c1ccccc1. The Hall–Kier alpha value is -7.48. The van der Waals surface area contributed by atoms with Crippen molar-refractivity contribution in [3.63, 3.8) is 0 Å². The molecule has 0 aliphatic carbocycles. The Kier molecular flexibility index (Phi) is 18.9. The van der Waals surface area contributed by atoms with Gasteiger partial charge in [-0.25, -0.2) is 19.2 Å². The highest BCUT2D eigenvalue weighted by molar-refractivity contribution is 5.91. The van der Waals surface area contributed by atoms with E-state index < -0.39 is 146 Å². The van der Waals surface area contributed by atoms with Crippen LogP contribution >= 0.6 is 0 Å². The summed E-state index contributed by atoms with van der Waals surface area (Å²) < 4.78 is 104. The van der Waals surface area contributed by atoms with Crippen molar-refractivity contribution in [2.45, 2.75) is 107 Å². The van der Waals surface area contributed by atoms with Gasteiger partial charge in [0.25, 0.3) is 5.79 Å². The first-order valence-corrected chi connectivity index (χ1v) is 21.6. The molecule has 2 aliphatic rings. The first-order valence-electron chi connectivity index (χ1n) is 21.6. The van der Waals surface area contributed by atoms with Crippen molar-refractivity contribution < 1.29 is 114 Å². The van der Waals surface area contributed by atoms with E-state index in [1.165, 1.54) is 72.8 Å². The van der Waals surface area contributed by atoms with Gasteiger partial charge in [-0.1, -0.05) is 54.6 Å². The van der Waals surface area contributed by atoms with Crippen molar-refractivity contribution in [3.8, 4) is 0 Å². The summed E-state index contributed by atoms with van der Waals surface area (Å²) in [6.45, 7) is 1.09. The van der Waals surface area contributed by atoms with Gasteiger partial charge in [-0.2, -0.15) is 13.2 Å². The Morgan fingerprint density at radius 1 is 0.681 bits per heavy atom. The molecule has 2 heterocycles. The Balaban J connectivity index is 1.67. The van der Waals surface area contributed by atoms with Gasteiger partial charge < -0.3 is 62.5 Å². The van der Waals surface area contributed by atoms with Crippen LogP contribution < -0.4 is 5.32 Å². The average Bonchev–Trinajstić information content (AvgIpc) is 3.33. The molecule has 0 bridgehead atoms. The van der Waals surface area contributed by atoms with Crippen molar-refractivity contribution >= 4 is 53.7 Å². The van der Waals surface area contributed by atoms with E-state index in [1.54, 1.807) is 23.5 Å². The molecule has 0 radical (unpaired) electrons. The number of halogens is 3. The van der Waals surface area contributed by atoms with Gasteiger partial charge in [-0.05, 0) is 36.4 Å². The molecule has 0 aromatic heterocycles. The maximum Gasteiger partial charge on any atom is 0.471 e. The zero-order chi connectivity index (χ0) is 52.9. The lowest BCUT2D eigenvalue weighted by Crippen LogP contribution is -2.70. The third-order valence-electron chi connectivity index (χ3n) is 10.6. The fourth-order valence-corrected chi connectivity index (χ4v) is 7.52.